The number of nitrogens with zero attached hydrogens (tertiary/aromatic N) is 5. The zero-order chi connectivity index (χ0) is 29.3. The summed E-state index contributed by atoms with van der Waals surface area (Å²) in [6, 6.07) is 8.63. The van der Waals surface area contributed by atoms with E-state index in [0.717, 1.165) is 18.7 Å². The van der Waals surface area contributed by atoms with Gasteiger partial charge in [0.05, 0.1) is 23.4 Å². The van der Waals surface area contributed by atoms with E-state index in [9.17, 15) is 9.59 Å². The number of nitriles is 1. The van der Waals surface area contributed by atoms with Crippen molar-refractivity contribution >= 4 is 29.3 Å². The molecule has 0 saturated carbocycles. The van der Waals surface area contributed by atoms with E-state index in [2.05, 4.69) is 50.8 Å². The van der Waals surface area contributed by atoms with Crippen molar-refractivity contribution in [3.63, 3.8) is 0 Å². The predicted octanol–water partition coefficient (Wildman–Crippen LogP) is 3.52. The SMILES string of the molecule is CCCNc1nc(Nc2ccc(C#N)cc2)ncc1C#CCCCNC(=O)[C@H](CC)N(C)C(=O)/C=C/CN(C)C. The topological polar surface area (TPSA) is 126 Å². The Morgan fingerprint density at radius 2 is 1.88 bits per heavy atom. The number of hydrogen-bond donors (Lipinski definition) is 3. The van der Waals surface area contributed by atoms with E-state index in [-0.39, 0.29) is 11.8 Å². The number of aromatic nitrogens is 2. The highest BCUT2D eigenvalue weighted by atomic mass is 16.2. The maximum absolute atomic E-state index is 12.7. The number of likely N-dealkylation sites (N-methyl/N-ethyl adjacent to an activating group) is 2. The molecule has 1 aromatic carbocycles. The van der Waals surface area contributed by atoms with E-state index >= 15 is 0 Å². The van der Waals surface area contributed by atoms with Crippen LogP contribution in [-0.4, -0.2) is 78.4 Å². The zero-order valence-corrected chi connectivity index (χ0v) is 24.1. The maximum atomic E-state index is 12.7. The van der Waals surface area contributed by atoms with Gasteiger partial charge in [-0.25, -0.2) is 4.98 Å². The molecule has 10 heteroatoms. The van der Waals surface area contributed by atoms with Crippen LogP contribution in [0.25, 0.3) is 0 Å². The third-order valence-electron chi connectivity index (χ3n) is 5.84. The number of unbranched alkanes of at least 4 members (excludes halogenated alkanes) is 1. The van der Waals surface area contributed by atoms with Gasteiger partial charge in [0, 0.05) is 44.9 Å². The van der Waals surface area contributed by atoms with Gasteiger partial charge in [-0.05, 0) is 57.6 Å². The lowest BCUT2D eigenvalue weighted by molar-refractivity contribution is -0.135. The molecule has 10 nitrogen and oxygen atoms in total. The van der Waals surface area contributed by atoms with E-state index in [4.69, 9.17) is 5.26 Å². The van der Waals surface area contributed by atoms with Gasteiger partial charge in [-0.3, -0.25) is 9.59 Å². The van der Waals surface area contributed by atoms with Crippen LogP contribution in [0.2, 0.25) is 0 Å². The summed E-state index contributed by atoms with van der Waals surface area (Å²) in [5, 5.41) is 18.3. The fourth-order valence-electron chi connectivity index (χ4n) is 3.60. The van der Waals surface area contributed by atoms with Crippen LogP contribution in [0, 0.1) is 23.2 Å². The summed E-state index contributed by atoms with van der Waals surface area (Å²) in [6.45, 7) is 5.83. The van der Waals surface area contributed by atoms with Gasteiger partial charge in [-0.1, -0.05) is 31.8 Å². The minimum atomic E-state index is -0.525. The lowest BCUT2D eigenvalue weighted by Crippen LogP contribution is -2.47. The summed E-state index contributed by atoms with van der Waals surface area (Å²) in [7, 11) is 5.50. The molecule has 0 saturated heterocycles. The van der Waals surface area contributed by atoms with Crippen LogP contribution >= 0.6 is 0 Å². The molecule has 0 aliphatic carbocycles. The first-order valence-electron chi connectivity index (χ1n) is 13.5. The molecule has 0 aliphatic rings. The van der Waals surface area contributed by atoms with Gasteiger partial charge in [0.2, 0.25) is 17.8 Å². The highest BCUT2D eigenvalue weighted by molar-refractivity contribution is 5.92. The van der Waals surface area contributed by atoms with Gasteiger partial charge in [-0.15, -0.1) is 0 Å². The standard InChI is InChI=1S/C30H40N8O2/c1-6-18-32-28-24(22-34-30(36-28)35-25-16-14-23(21-31)15-17-25)12-9-8-10-19-33-29(40)26(7-2)38(5)27(39)13-11-20-37(3)4/h11,13-17,22,26H,6-8,10,18-20H2,1-5H3,(H,33,40)(H2,32,34,35,36)/b13-11+/t26-/m0/s1. The molecule has 0 radical (unpaired) electrons. The number of nitrogens with one attached hydrogen (secondary N) is 3. The van der Waals surface area contributed by atoms with Crippen molar-refractivity contribution in [3.8, 4) is 17.9 Å². The van der Waals surface area contributed by atoms with Gasteiger partial charge in [0.25, 0.3) is 0 Å². The monoisotopic (exact) mass is 544 g/mol. The molecule has 212 valence electrons. The van der Waals surface area contributed by atoms with Gasteiger partial charge in [-0.2, -0.15) is 10.2 Å². The highest BCUT2D eigenvalue weighted by Gasteiger charge is 2.23. The van der Waals surface area contributed by atoms with E-state index in [1.54, 1.807) is 43.6 Å². The van der Waals surface area contributed by atoms with Crippen LogP contribution in [0.1, 0.15) is 50.7 Å². The minimum absolute atomic E-state index is 0.169. The van der Waals surface area contributed by atoms with Crippen LogP contribution in [0.5, 0.6) is 0 Å². The Labute approximate surface area is 237 Å². The first-order valence-corrected chi connectivity index (χ1v) is 13.5. The van der Waals surface area contributed by atoms with Crippen molar-refractivity contribution in [1.82, 2.24) is 25.1 Å². The van der Waals surface area contributed by atoms with Gasteiger partial charge in [0.1, 0.15) is 11.9 Å². The largest absolute Gasteiger partial charge is 0.369 e. The number of hydrogen-bond acceptors (Lipinski definition) is 8. The average Bonchev–Trinajstić information content (AvgIpc) is 2.94. The van der Waals surface area contributed by atoms with E-state index < -0.39 is 6.04 Å². The normalized spacial score (nSPS) is 11.3. The van der Waals surface area contributed by atoms with Crippen molar-refractivity contribution in [2.24, 2.45) is 0 Å². The molecule has 2 amide bonds. The van der Waals surface area contributed by atoms with Gasteiger partial charge >= 0.3 is 0 Å². The Balaban J connectivity index is 1.91. The fourth-order valence-corrected chi connectivity index (χ4v) is 3.60. The second-order valence-corrected chi connectivity index (χ2v) is 9.43. The van der Waals surface area contributed by atoms with Crippen LogP contribution < -0.4 is 16.0 Å². The Kier molecular flexibility index (Phi) is 13.7. The van der Waals surface area contributed by atoms with Crippen molar-refractivity contribution in [2.75, 3.05) is 51.4 Å². The molecule has 0 fully saturated rings. The molecule has 2 aromatic rings. The van der Waals surface area contributed by atoms with E-state index in [0.29, 0.717) is 55.2 Å². The molecular weight excluding hydrogens is 504 g/mol. The predicted molar refractivity (Wildman–Crippen MR) is 159 cm³/mol. The summed E-state index contributed by atoms with van der Waals surface area (Å²) >= 11 is 0. The summed E-state index contributed by atoms with van der Waals surface area (Å²) in [5.74, 6) is 6.99. The van der Waals surface area contributed by atoms with Crippen LogP contribution in [0.15, 0.2) is 42.6 Å². The Morgan fingerprint density at radius 3 is 2.52 bits per heavy atom. The lowest BCUT2D eigenvalue weighted by Gasteiger charge is -2.25. The maximum Gasteiger partial charge on any atom is 0.246 e. The van der Waals surface area contributed by atoms with Crippen molar-refractivity contribution < 1.29 is 9.59 Å². The zero-order valence-electron chi connectivity index (χ0n) is 24.1. The van der Waals surface area contributed by atoms with Crippen molar-refractivity contribution in [2.45, 2.75) is 45.6 Å². The number of carbonyl (C=O) groups is 2. The fraction of sp³-hybridized carbons (Fsp3) is 0.433. The minimum Gasteiger partial charge on any atom is -0.369 e. The summed E-state index contributed by atoms with van der Waals surface area (Å²) in [4.78, 5) is 37.5. The molecule has 0 aliphatic heterocycles. The molecule has 1 heterocycles. The summed E-state index contributed by atoms with van der Waals surface area (Å²) in [6.07, 6.45) is 7.69. The van der Waals surface area contributed by atoms with Crippen molar-refractivity contribution in [3.05, 3.63) is 53.7 Å². The summed E-state index contributed by atoms with van der Waals surface area (Å²) < 4.78 is 0. The van der Waals surface area contributed by atoms with Crippen LogP contribution in [-0.2, 0) is 9.59 Å². The third-order valence-corrected chi connectivity index (χ3v) is 5.84. The Morgan fingerprint density at radius 1 is 1.12 bits per heavy atom. The van der Waals surface area contributed by atoms with E-state index in [1.807, 2.05) is 25.9 Å². The van der Waals surface area contributed by atoms with Crippen LogP contribution in [0.3, 0.4) is 0 Å². The quantitative estimate of drug-likeness (QED) is 0.187. The van der Waals surface area contributed by atoms with Crippen molar-refractivity contribution in [1.29, 1.82) is 5.26 Å². The van der Waals surface area contributed by atoms with Gasteiger partial charge < -0.3 is 25.8 Å². The molecule has 1 atom stereocenters. The Bertz CT molecular complexity index is 1240. The highest BCUT2D eigenvalue weighted by Crippen LogP contribution is 2.18. The first-order chi connectivity index (χ1) is 19.3. The molecular formula is C30H40N8O2. The molecule has 1 aromatic heterocycles. The molecule has 0 spiro atoms. The first kappa shape index (κ1) is 31.8. The van der Waals surface area contributed by atoms with Gasteiger partial charge in [0.15, 0.2) is 0 Å². The number of anilines is 3. The second kappa shape index (κ2) is 17.2. The molecule has 40 heavy (non-hydrogen) atoms. The Hall–Kier alpha value is -4.41. The molecule has 0 bridgehead atoms. The van der Waals surface area contributed by atoms with E-state index in [1.165, 1.54) is 11.0 Å². The van der Waals surface area contributed by atoms with Crippen LogP contribution in [0.4, 0.5) is 17.5 Å². The second-order valence-electron chi connectivity index (χ2n) is 9.43. The number of benzene rings is 1. The molecule has 3 N–H and O–H groups in total. The number of amides is 2. The number of carbonyl (C=O) groups excluding carboxylic acids is 2. The molecule has 2 rings (SSSR count). The lowest BCUT2D eigenvalue weighted by atomic mass is 10.1. The third kappa shape index (κ3) is 10.8. The molecule has 0 unspecified atom stereocenters. The smallest absolute Gasteiger partial charge is 0.246 e. The average molecular weight is 545 g/mol. The summed E-state index contributed by atoms with van der Waals surface area (Å²) in [5.41, 5.74) is 2.05. The number of rotatable bonds is 14.